The van der Waals surface area contributed by atoms with Crippen LogP contribution < -0.4 is 11.1 Å². The number of primary amides is 1. The standard InChI is InChI=1S/C14H12BrF3N4O/c15-8-3-1-7(2-4-8)9-5-11(14(16,17)18)22-12(20-9)6-10(21-22)13(19)23/h1-4,6,9,11,20H,5H2,(H2,19,23)/t9-,11+/m1/s1. The van der Waals surface area contributed by atoms with Crippen molar-refractivity contribution >= 4 is 27.7 Å². The van der Waals surface area contributed by atoms with Crippen LogP contribution in [0.25, 0.3) is 0 Å². The van der Waals surface area contributed by atoms with Crippen LogP contribution in [-0.2, 0) is 0 Å². The Hall–Kier alpha value is -2.03. The first-order chi connectivity index (χ1) is 10.8. The topological polar surface area (TPSA) is 72.9 Å². The Morgan fingerprint density at radius 3 is 2.57 bits per heavy atom. The third kappa shape index (κ3) is 3.05. The molecule has 2 heterocycles. The molecule has 23 heavy (non-hydrogen) atoms. The first-order valence-corrected chi connectivity index (χ1v) is 7.53. The molecular formula is C14H12BrF3N4O. The molecule has 2 aromatic rings. The monoisotopic (exact) mass is 388 g/mol. The Morgan fingerprint density at radius 2 is 2.00 bits per heavy atom. The summed E-state index contributed by atoms with van der Waals surface area (Å²) in [5.74, 6) is -0.741. The third-order valence-corrected chi connectivity index (χ3v) is 4.24. The normalized spacial score (nSPS) is 20.7. The lowest BCUT2D eigenvalue weighted by molar-refractivity contribution is -0.173. The van der Waals surface area contributed by atoms with Gasteiger partial charge in [-0.2, -0.15) is 18.3 Å². The lowest BCUT2D eigenvalue weighted by Gasteiger charge is -2.33. The molecule has 1 aromatic heterocycles. The average Bonchev–Trinajstić information content (AvgIpc) is 2.90. The van der Waals surface area contributed by atoms with Crippen LogP contribution in [0.15, 0.2) is 34.8 Å². The Labute approximate surface area is 137 Å². The number of benzene rings is 1. The maximum Gasteiger partial charge on any atom is 0.410 e. The number of hydrogen-bond donors (Lipinski definition) is 2. The molecule has 0 unspecified atom stereocenters. The minimum absolute atomic E-state index is 0.125. The number of aromatic nitrogens is 2. The molecule has 3 N–H and O–H groups in total. The summed E-state index contributed by atoms with van der Waals surface area (Å²) in [4.78, 5) is 11.2. The maximum atomic E-state index is 13.4. The molecule has 0 bridgehead atoms. The van der Waals surface area contributed by atoms with Crippen molar-refractivity contribution in [3.8, 4) is 0 Å². The number of anilines is 1. The predicted octanol–water partition coefficient (Wildman–Crippen LogP) is 3.40. The summed E-state index contributed by atoms with van der Waals surface area (Å²) in [7, 11) is 0. The number of carbonyl (C=O) groups is 1. The van der Waals surface area contributed by atoms with Gasteiger partial charge >= 0.3 is 6.18 Å². The summed E-state index contributed by atoms with van der Waals surface area (Å²) < 4.78 is 41.7. The fourth-order valence-corrected chi connectivity index (χ4v) is 2.87. The molecule has 1 amide bonds. The second-order valence-corrected chi connectivity index (χ2v) is 6.18. The minimum Gasteiger partial charge on any atom is -0.364 e. The molecule has 1 aliphatic heterocycles. The van der Waals surface area contributed by atoms with Gasteiger partial charge in [-0.05, 0) is 17.7 Å². The molecule has 2 atom stereocenters. The van der Waals surface area contributed by atoms with E-state index in [9.17, 15) is 18.0 Å². The highest BCUT2D eigenvalue weighted by molar-refractivity contribution is 9.10. The van der Waals surface area contributed by atoms with Gasteiger partial charge in [-0.3, -0.25) is 4.79 Å². The van der Waals surface area contributed by atoms with Crippen LogP contribution in [0, 0.1) is 0 Å². The van der Waals surface area contributed by atoms with Gasteiger partial charge in [-0.15, -0.1) is 0 Å². The van der Waals surface area contributed by atoms with Crippen molar-refractivity contribution in [1.82, 2.24) is 9.78 Å². The van der Waals surface area contributed by atoms with E-state index >= 15 is 0 Å². The highest BCUT2D eigenvalue weighted by Crippen LogP contribution is 2.43. The number of nitrogens with two attached hydrogens (primary N) is 1. The summed E-state index contributed by atoms with van der Waals surface area (Å²) in [6.45, 7) is 0. The molecule has 0 fully saturated rings. The summed E-state index contributed by atoms with van der Waals surface area (Å²) in [5, 5.41) is 6.68. The van der Waals surface area contributed by atoms with Crippen molar-refractivity contribution in [2.75, 3.05) is 5.32 Å². The molecule has 1 aromatic carbocycles. The number of halogens is 4. The number of nitrogens with zero attached hydrogens (tertiary/aromatic N) is 2. The van der Waals surface area contributed by atoms with Crippen LogP contribution in [0.1, 0.15) is 34.6 Å². The molecule has 3 rings (SSSR count). The highest BCUT2D eigenvalue weighted by Gasteiger charge is 2.46. The molecular weight excluding hydrogens is 377 g/mol. The smallest absolute Gasteiger partial charge is 0.364 e. The SMILES string of the molecule is NC(=O)c1cc2n(n1)[C@H](C(F)(F)F)C[C@H](c1ccc(Br)cc1)N2. The Morgan fingerprint density at radius 1 is 1.35 bits per heavy atom. The van der Waals surface area contributed by atoms with Gasteiger partial charge in [0.15, 0.2) is 11.7 Å². The van der Waals surface area contributed by atoms with E-state index in [1.54, 1.807) is 24.3 Å². The van der Waals surface area contributed by atoms with Crippen molar-refractivity contribution in [2.24, 2.45) is 5.73 Å². The Balaban J connectivity index is 2.01. The summed E-state index contributed by atoms with van der Waals surface area (Å²) in [5.41, 5.74) is 5.64. The summed E-state index contributed by atoms with van der Waals surface area (Å²) in [6.07, 6.45) is -4.70. The molecule has 0 spiro atoms. The van der Waals surface area contributed by atoms with Crippen LogP contribution in [0.4, 0.5) is 19.0 Å². The molecule has 122 valence electrons. The predicted molar refractivity (Wildman–Crippen MR) is 81.0 cm³/mol. The van der Waals surface area contributed by atoms with Crippen molar-refractivity contribution in [2.45, 2.75) is 24.7 Å². The number of hydrogen-bond acceptors (Lipinski definition) is 3. The zero-order valence-corrected chi connectivity index (χ0v) is 13.2. The number of nitrogens with one attached hydrogen (secondary N) is 1. The second-order valence-electron chi connectivity index (χ2n) is 5.27. The van der Waals surface area contributed by atoms with E-state index in [0.717, 1.165) is 14.7 Å². The van der Waals surface area contributed by atoms with Crippen molar-refractivity contribution in [3.05, 3.63) is 46.1 Å². The van der Waals surface area contributed by atoms with Gasteiger partial charge in [-0.1, -0.05) is 28.1 Å². The Bertz CT molecular complexity index is 741. The van der Waals surface area contributed by atoms with E-state index < -0.39 is 24.2 Å². The molecule has 9 heteroatoms. The van der Waals surface area contributed by atoms with Crippen LogP contribution in [-0.4, -0.2) is 21.9 Å². The number of amides is 1. The van der Waals surface area contributed by atoms with Gasteiger partial charge in [-0.25, -0.2) is 4.68 Å². The quantitative estimate of drug-likeness (QED) is 0.827. The first-order valence-electron chi connectivity index (χ1n) is 6.74. The number of alkyl halides is 3. The molecule has 0 aliphatic carbocycles. The van der Waals surface area contributed by atoms with Crippen LogP contribution in [0.5, 0.6) is 0 Å². The number of rotatable bonds is 2. The lowest BCUT2D eigenvalue weighted by atomic mass is 9.97. The van der Waals surface area contributed by atoms with E-state index in [-0.39, 0.29) is 17.9 Å². The van der Waals surface area contributed by atoms with Crippen LogP contribution >= 0.6 is 15.9 Å². The summed E-state index contributed by atoms with van der Waals surface area (Å²) >= 11 is 3.29. The van der Waals surface area contributed by atoms with E-state index in [1.165, 1.54) is 6.07 Å². The van der Waals surface area contributed by atoms with Gasteiger partial charge < -0.3 is 11.1 Å². The van der Waals surface area contributed by atoms with Crippen molar-refractivity contribution in [3.63, 3.8) is 0 Å². The Kier molecular flexibility index (Phi) is 3.83. The molecule has 0 radical (unpaired) electrons. The minimum atomic E-state index is -4.48. The van der Waals surface area contributed by atoms with Crippen LogP contribution in [0.3, 0.4) is 0 Å². The zero-order chi connectivity index (χ0) is 16.8. The molecule has 0 saturated carbocycles. The van der Waals surface area contributed by atoms with Crippen molar-refractivity contribution in [1.29, 1.82) is 0 Å². The molecule has 1 aliphatic rings. The average molecular weight is 389 g/mol. The van der Waals surface area contributed by atoms with Gasteiger partial charge in [0.05, 0.1) is 6.04 Å². The van der Waals surface area contributed by atoms with E-state index in [2.05, 4.69) is 26.3 Å². The maximum absolute atomic E-state index is 13.4. The van der Waals surface area contributed by atoms with E-state index in [0.29, 0.717) is 0 Å². The van der Waals surface area contributed by atoms with Gasteiger partial charge in [0, 0.05) is 17.0 Å². The lowest BCUT2D eigenvalue weighted by Crippen LogP contribution is -2.35. The summed E-state index contributed by atoms with van der Waals surface area (Å²) in [6, 6.07) is 5.90. The van der Waals surface area contributed by atoms with Gasteiger partial charge in [0.2, 0.25) is 0 Å². The molecule has 5 nitrogen and oxygen atoms in total. The van der Waals surface area contributed by atoms with Crippen molar-refractivity contribution < 1.29 is 18.0 Å². The van der Waals surface area contributed by atoms with E-state index in [4.69, 9.17) is 5.73 Å². The fourth-order valence-electron chi connectivity index (χ4n) is 2.61. The fraction of sp³-hybridized carbons (Fsp3) is 0.286. The third-order valence-electron chi connectivity index (χ3n) is 3.71. The zero-order valence-electron chi connectivity index (χ0n) is 11.6. The molecule has 0 saturated heterocycles. The van der Waals surface area contributed by atoms with Gasteiger partial charge in [0.1, 0.15) is 5.82 Å². The number of fused-ring (bicyclic) bond motifs is 1. The van der Waals surface area contributed by atoms with Crippen LogP contribution in [0.2, 0.25) is 0 Å². The van der Waals surface area contributed by atoms with Gasteiger partial charge in [0.25, 0.3) is 5.91 Å². The number of carbonyl (C=O) groups excluding carboxylic acids is 1. The first kappa shape index (κ1) is 15.9. The van der Waals surface area contributed by atoms with E-state index in [1.807, 2.05) is 0 Å². The highest BCUT2D eigenvalue weighted by atomic mass is 79.9. The second kappa shape index (κ2) is 5.55. The largest absolute Gasteiger partial charge is 0.410 e.